The van der Waals surface area contributed by atoms with Crippen LogP contribution < -0.4 is 9.64 Å². The molecule has 0 aromatic heterocycles. The summed E-state index contributed by atoms with van der Waals surface area (Å²) < 4.78 is 6.72. The van der Waals surface area contributed by atoms with Crippen molar-refractivity contribution in [1.82, 2.24) is 0 Å². The molecule has 3 aliphatic rings. The van der Waals surface area contributed by atoms with Crippen LogP contribution in [0.25, 0.3) is 44.2 Å². The summed E-state index contributed by atoms with van der Waals surface area (Å²) in [6.07, 6.45) is 5.50. The number of hydrogen-bond acceptors (Lipinski definition) is 2. The highest BCUT2D eigenvalue weighted by Crippen LogP contribution is 2.52. The predicted molar refractivity (Wildman–Crippen MR) is 218 cm³/mol. The predicted octanol–water partition coefficient (Wildman–Crippen LogP) is 13.3. The molecule has 10 rings (SSSR count). The summed E-state index contributed by atoms with van der Waals surface area (Å²) in [7, 11) is 0. The van der Waals surface area contributed by atoms with Crippen molar-refractivity contribution >= 4 is 39.0 Å². The third kappa shape index (κ3) is 4.71. The highest BCUT2D eigenvalue weighted by atomic mass is 16.5. The molecular weight excluding hydrogens is 631 g/mol. The molecule has 2 heteroatoms. The summed E-state index contributed by atoms with van der Waals surface area (Å²) in [6.45, 7) is 6.93. The Bertz CT molecular complexity index is 2600. The lowest BCUT2D eigenvalue weighted by molar-refractivity contribution is 0.152. The molecule has 2 nitrogen and oxygen atoms in total. The highest BCUT2D eigenvalue weighted by molar-refractivity contribution is 6.04. The molecular formula is C50H39NO. The molecule has 1 unspecified atom stereocenters. The van der Waals surface area contributed by atoms with E-state index in [1.165, 1.54) is 66.4 Å². The van der Waals surface area contributed by atoms with Gasteiger partial charge in [0.2, 0.25) is 0 Å². The summed E-state index contributed by atoms with van der Waals surface area (Å²) in [4.78, 5) is 2.41. The van der Waals surface area contributed by atoms with Crippen LogP contribution in [0.4, 0.5) is 17.1 Å². The maximum Gasteiger partial charge on any atom is 0.135 e. The SMILES string of the molecule is CC12CC=C(c3ccc(N(c4cccc(-c5ccccc5)c4)c4ccc5c(c4)C(C)(C)c4ccccc4-5)cc3)C=C1c1cccc3cccc(c13)O2. The Labute approximate surface area is 306 Å². The van der Waals surface area contributed by atoms with Crippen LogP contribution in [0.2, 0.25) is 0 Å². The van der Waals surface area contributed by atoms with Crippen LogP contribution in [-0.2, 0) is 5.41 Å². The summed E-state index contributed by atoms with van der Waals surface area (Å²) in [5, 5.41) is 2.42. The Kier molecular flexibility index (Phi) is 6.76. The van der Waals surface area contributed by atoms with Crippen molar-refractivity contribution in [2.75, 3.05) is 4.90 Å². The minimum atomic E-state index is -0.395. The molecule has 250 valence electrons. The fourth-order valence-electron chi connectivity index (χ4n) is 8.84. The van der Waals surface area contributed by atoms with Gasteiger partial charge in [0.1, 0.15) is 11.4 Å². The van der Waals surface area contributed by atoms with E-state index >= 15 is 0 Å². The number of rotatable bonds is 5. The minimum absolute atomic E-state index is 0.0908. The van der Waals surface area contributed by atoms with Crippen LogP contribution in [0, 0.1) is 0 Å². The second-order valence-electron chi connectivity index (χ2n) is 15.1. The summed E-state index contributed by atoms with van der Waals surface area (Å²) in [5.41, 5.74) is 15.7. The average Bonchev–Trinajstić information content (AvgIpc) is 3.41. The third-order valence-electron chi connectivity index (χ3n) is 11.6. The van der Waals surface area contributed by atoms with Gasteiger partial charge in [-0.25, -0.2) is 0 Å². The maximum atomic E-state index is 6.72. The zero-order valence-electron chi connectivity index (χ0n) is 29.7. The highest BCUT2D eigenvalue weighted by Gasteiger charge is 2.39. The Morgan fingerprint density at radius 3 is 2.04 bits per heavy atom. The summed E-state index contributed by atoms with van der Waals surface area (Å²) >= 11 is 0. The Balaban J connectivity index is 1.07. The van der Waals surface area contributed by atoms with Gasteiger partial charge in [-0.3, -0.25) is 0 Å². The summed E-state index contributed by atoms with van der Waals surface area (Å²) in [6, 6.07) is 57.5. The molecule has 0 saturated heterocycles. The van der Waals surface area contributed by atoms with Gasteiger partial charge in [0.15, 0.2) is 0 Å². The van der Waals surface area contributed by atoms with Gasteiger partial charge in [0, 0.05) is 39.9 Å². The molecule has 2 aliphatic carbocycles. The van der Waals surface area contributed by atoms with Crippen molar-refractivity contribution in [3.05, 3.63) is 192 Å². The van der Waals surface area contributed by atoms with Gasteiger partial charge < -0.3 is 9.64 Å². The first kappa shape index (κ1) is 30.7. The van der Waals surface area contributed by atoms with Crippen molar-refractivity contribution in [3.63, 3.8) is 0 Å². The molecule has 1 heterocycles. The Morgan fingerprint density at radius 1 is 0.519 bits per heavy atom. The van der Waals surface area contributed by atoms with E-state index in [-0.39, 0.29) is 5.41 Å². The first-order valence-electron chi connectivity index (χ1n) is 18.3. The van der Waals surface area contributed by atoms with Crippen molar-refractivity contribution in [3.8, 4) is 28.0 Å². The molecule has 0 saturated carbocycles. The number of nitrogens with zero attached hydrogens (tertiary/aromatic N) is 1. The van der Waals surface area contributed by atoms with Crippen LogP contribution in [0.1, 0.15) is 49.4 Å². The number of allylic oxidation sites excluding steroid dienone is 2. The molecule has 7 aromatic rings. The van der Waals surface area contributed by atoms with Crippen LogP contribution in [0.3, 0.4) is 0 Å². The van der Waals surface area contributed by atoms with Gasteiger partial charge in [-0.1, -0.05) is 135 Å². The average molecular weight is 670 g/mol. The van der Waals surface area contributed by atoms with Crippen molar-refractivity contribution in [1.29, 1.82) is 0 Å². The molecule has 0 radical (unpaired) electrons. The lowest BCUT2D eigenvalue weighted by Gasteiger charge is -2.40. The number of anilines is 3. The monoisotopic (exact) mass is 669 g/mol. The molecule has 0 spiro atoms. The van der Waals surface area contributed by atoms with Crippen LogP contribution in [0.5, 0.6) is 5.75 Å². The first-order chi connectivity index (χ1) is 25.4. The van der Waals surface area contributed by atoms with E-state index in [0.717, 1.165) is 29.2 Å². The van der Waals surface area contributed by atoms with E-state index in [0.29, 0.717) is 0 Å². The molecule has 0 amide bonds. The number of fused-ring (bicyclic) bond motifs is 5. The van der Waals surface area contributed by atoms with E-state index in [2.05, 4.69) is 196 Å². The fraction of sp³-hybridized carbons (Fsp3) is 0.120. The van der Waals surface area contributed by atoms with Crippen molar-refractivity contribution < 1.29 is 4.74 Å². The van der Waals surface area contributed by atoms with Gasteiger partial charge in [-0.2, -0.15) is 0 Å². The molecule has 0 N–H and O–H groups in total. The zero-order valence-corrected chi connectivity index (χ0v) is 29.7. The summed E-state index contributed by atoms with van der Waals surface area (Å²) in [5.74, 6) is 0.976. The Morgan fingerprint density at radius 2 is 1.19 bits per heavy atom. The topological polar surface area (TPSA) is 12.5 Å². The number of ether oxygens (including phenoxy) is 1. The standard InChI is InChI=1S/C50H39NO/c1-49(2)44-20-8-7-18-41(44)42-27-26-40(32-45(42)49)51(39-17-9-16-36(30-39)33-12-5-4-6-13-33)38-24-22-34(23-25-38)37-28-29-50(3)46(31-37)43-19-10-14-35-15-11-21-47(52-50)48(35)43/h4-28,30-32H,29H2,1-3H3. The van der Waals surface area contributed by atoms with E-state index in [9.17, 15) is 0 Å². The van der Waals surface area contributed by atoms with Gasteiger partial charge >= 0.3 is 0 Å². The van der Waals surface area contributed by atoms with Crippen LogP contribution >= 0.6 is 0 Å². The smallest absolute Gasteiger partial charge is 0.135 e. The Hall–Kier alpha value is -6.12. The molecule has 0 fully saturated rings. The van der Waals surface area contributed by atoms with Gasteiger partial charge in [-0.05, 0) is 111 Å². The number of hydrogen-bond donors (Lipinski definition) is 0. The fourth-order valence-corrected chi connectivity index (χ4v) is 8.84. The lowest BCUT2D eigenvalue weighted by atomic mass is 9.77. The molecule has 1 atom stereocenters. The molecule has 1 aliphatic heterocycles. The van der Waals surface area contributed by atoms with Crippen molar-refractivity contribution in [2.45, 2.75) is 38.2 Å². The van der Waals surface area contributed by atoms with Gasteiger partial charge in [0.05, 0.1) is 0 Å². The normalized spacial score (nSPS) is 17.7. The van der Waals surface area contributed by atoms with Gasteiger partial charge in [0.25, 0.3) is 0 Å². The molecule has 7 aromatic carbocycles. The minimum Gasteiger partial charge on any atom is -0.482 e. The van der Waals surface area contributed by atoms with Crippen molar-refractivity contribution in [2.24, 2.45) is 0 Å². The van der Waals surface area contributed by atoms with E-state index < -0.39 is 5.60 Å². The second kappa shape index (κ2) is 11.4. The van der Waals surface area contributed by atoms with Crippen LogP contribution in [-0.4, -0.2) is 5.60 Å². The maximum absolute atomic E-state index is 6.72. The zero-order chi connectivity index (χ0) is 35.0. The molecule has 52 heavy (non-hydrogen) atoms. The van der Waals surface area contributed by atoms with E-state index in [1.54, 1.807) is 0 Å². The second-order valence-corrected chi connectivity index (χ2v) is 15.1. The first-order valence-corrected chi connectivity index (χ1v) is 18.3. The van der Waals surface area contributed by atoms with Crippen LogP contribution in [0.15, 0.2) is 170 Å². The van der Waals surface area contributed by atoms with Gasteiger partial charge in [-0.15, -0.1) is 0 Å². The van der Waals surface area contributed by atoms with E-state index in [4.69, 9.17) is 4.74 Å². The largest absolute Gasteiger partial charge is 0.482 e. The lowest BCUT2D eigenvalue weighted by Crippen LogP contribution is -2.37. The quantitative estimate of drug-likeness (QED) is 0.181. The molecule has 0 bridgehead atoms. The van der Waals surface area contributed by atoms with E-state index in [1.807, 2.05) is 0 Å². The third-order valence-corrected chi connectivity index (χ3v) is 11.6. The number of benzene rings is 7.